The largest absolute Gasteiger partial charge is 0.744 e. The molecular formula is C22H20N2O4S. The van der Waals surface area contributed by atoms with Gasteiger partial charge >= 0.3 is 0 Å². The van der Waals surface area contributed by atoms with Crippen LogP contribution in [0.1, 0.15) is 5.56 Å². The summed E-state index contributed by atoms with van der Waals surface area (Å²) in [6.45, 7) is 1.82. The van der Waals surface area contributed by atoms with Gasteiger partial charge in [-0.2, -0.15) is 0 Å². The van der Waals surface area contributed by atoms with Crippen LogP contribution < -0.4 is 4.57 Å². The zero-order chi connectivity index (χ0) is 20.9. The summed E-state index contributed by atoms with van der Waals surface area (Å²) in [5.74, 6) is 1.44. The average molecular weight is 408 g/mol. The molecule has 0 N–H and O–H groups in total. The molecule has 4 aromatic rings. The first kappa shape index (κ1) is 20.4. The van der Waals surface area contributed by atoms with Crippen LogP contribution in [0.2, 0.25) is 0 Å². The number of pyridine rings is 1. The van der Waals surface area contributed by atoms with Crippen molar-refractivity contribution >= 4 is 10.1 Å². The Labute approximate surface area is 169 Å². The van der Waals surface area contributed by atoms with Crippen LogP contribution in [0.3, 0.4) is 0 Å². The van der Waals surface area contributed by atoms with Gasteiger partial charge in [0.15, 0.2) is 18.2 Å². The first-order chi connectivity index (χ1) is 13.8. The van der Waals surface area contributed by atoms with Gasteiger partial charge in [0.05, 0.1) is 11.1 Å². The number of hydrogen-bond donors (Lipinski definition) is 0. The Morgan fingerprint density at radius 1 is 0.897 bits per heavy atom. The normalized spacial score (nSPS) is 10.9. The second kappa shape index (κ2) is 8.81. The lowest BCUT2D eigenvalue weighted by Gasteiger charge is -2.05. The standard InChI is InChI=1S/C15H13N2O.C7H8O3S/c1-17-9-7-13(8-10-17)15-16-11-14(18-15)12-5-3-2-4-6-12;1-6-2-4-7(5-3-6)11(8,9)10/h2-11H,1H3;2-5H,1H3,(H,8,9,10)/q+1;/p-1. The first-order valence-corrected chi connectivity index (χ1v) is 10.2. The lowest BCUT2D eigenvalue weighted by molar-refractivity contribution is -0.671. The summed E-state index contributed by atoms with van der Waals surface area (Å²) in [5, 5.41) is 0. The molecule has 0 spiro atoms. The van der Waals surface area contributed by atoms with Crippen molar-refractivity contribution in [2.24, 2.45) is 7.05 Å². The van der Waals surface area contributed by atoms with Gasteiger partial charge in [-0.05, 0) is 19.1 Å². The van der Waals surface area contributed by atoms with E-state index in [1.807, 2.05) is 73.4 Å². The summed E-state index contributed by atoms with van der Waals surface area (Å²) < 4.78 is 38.9. The van der Waals surface area contributed by atoms with Crippen molar-refractivity contribution in [3.05, 3.63) is 90.9 Å². The predicted molar refractivity (Wildman–Crippen MR) is 108 cm³/mol. The monoisotopic (exact) mass is 408 g/mol. The summed E-state index contributed by atoms with van der Waals surface area (Å²) in [7, 11) is -2.29. The number of benzene rings is 2. The van der Waals surface area contributed by atoms with Gasteiger partial charge in [0.2, 0.25) is 5.89 Å². The molecule has 0 fully saturated rings. The van der Waals surface area contributed by atoms with Crippen molar-refractivity contribution in [1.29, 1.82) is 0 Å². The molecule has 0 atom stereocenters. The van der Waals surface area contributed by atoms with Crippen molar-refractivity contribution in [2.45, 2.75) is 11.8 Å². The quantitative estimate of drug-likeness (QED) is 0.381. The summed E-state index contributed by atoms with van der Waals surface area (Å²) in [4.78, 5) is 4.14. The SMILES string of the molecule is C[n+]1ccc(-c2ncc(-c3ccccc3)o2)cc1.Cc1ccc(S(=O)(=O)[O-])cc1. The highest BCUT2D eigenvalue weighted by atomic mass is 32.2. The zero-order valence-corrected chi connectivity index (χ0v) is 16.8. The summed E-state index contributed by atoms with van der Waals surface area (Å²) in [6.07, 6.45) is 5.71. The van der Waals surface area contributed by atoms with E-state index in [1.54, 1.807) is 18.3 Å². The molecule has 148 valence electrons. The van der Waals surface area contributed by atoms with Crippen LogP contribution in [0, 0.1) is 6.92 Å². The zero-order valence-electron chi connectivity index (χ0n) is 16.0. The van der Waals surface area contributed by atoms with Crippen LogP contribution in [0.15, 0.2) is 94.6 Å². The number of aryl methyl sites for hydroxylation is 2. The van der Waals surface area contributed by atoms with E-state index < -0.39 is 10.1 Å². The third-order valence-corrected chi connectivity index (χ3v) is 4.95. The molecule has 29 heavy (non-hydrogen) atoms. The van der Waals surface area contributed by atoms with E-state index in [-0.39, 0.29) is 4.90 Å². The molecule has 0 aliphatic rings. The molecule has 2 aromatic carbocycles. The van der Waals surface area contributed by atoms with E-state index in [2.05, 4.69) is 4.98 Å². The average Bonchev–Trinajstić information content (AvgIpc) is 3.20. The number of nitrogens with zero attached hydrogens (tertiary/aromatic N) is 2. The van der Waals surface area contributed by atoms with Gasteiger partial charge in [-0.3, -0.25) is 0 Å². The van der Waals surface area contributed by atoms with E-state index >= 15 is 0 Å². The Morgan fingerprint density at radius 3 is 2.10 bits per heavy atom. The topological polar surface area (TPSA) is 87.1 Å². The molecule has 0 saturated heterocycles. The fraction of sp³-hybridized carbons (Fsp3) is 0.0909. The maximum atomic E-state index is 10.4. The van der Waals surface area contributed by atoms with Gasteiger partial charge in [0, 0.05) is 23.3 Å². The summed E-state index contributed by atoms with van der Waals surface area (Å²) in [6, 6.07) is 19.7. The van der Waals surface area contributed by atoms with Crippen molar-refractivity contribution in [2.75, 3.05) is 0 Å². The van der Waals surface area contributed by atoms with Gasteiger partial charge in [0.25, 0.3) is 0 Å². The highest BCUT2D eigenvalue weighted by Crippen LogP contribution is 2.25. The lowest BCUT2D eigenvalue weighted by atomic mass is 10.2. The van der Waals surface area contributed by atoms with Gasteiger partial charge < -0.3 is 8.97 Å². The minimum atomic E-state index is -4.27. The van der Waals surface area contributed by atoms with Crippen LogP contribution in [0.5, 0.6) is 0 Å². The smallest absolute Gasteiger partial charge is 0.227 e. The molecule has 2 heterocycles. The molecule has 6 nitrogen and oxygen atoms in total. The molecule has 0 aliphatic heterocycles. The molecule has 4 rings (SSSR count). The Balaban J connectivity index is 0.000000188. The number of rotatable bonds is 3. The summed E-state index contributed by atoms with van der Waals surface area (Å²) in [5.41, 5.74) is 2.95. The molecule has 0 aliphatic carbocycles. The lowest BCUT2D eigenvalue weighted by Crippen LogP contribution is -2.25. The minimum Gasteiger partial charge on any atom is -0.744 e. The van der Waals surface area contributed by atoms with Crippen molar-refractivity contribution in [3.63, 3.8) is 0 Å². The minimum absolute atomic E-state index is 0.178. The first-order valence-electron chi connectivity index (χ1n) is 8.82. The molecule has 2 aromatic heterocycles. The fourth-order valence-corrected chi connectivity index (χ4v) is 2.96. The van der Waals surface area contributed by atoms with E-state index in [0.717, 1.165) is 22.5 Å². The van der Waals surface area contributed by atoms with Crippen molar-refractivity contribution in [3.8, 4) is 22.8 Å². The molecule has 0 radical (unpaired) electrons. The number of aromatic nitrogens is 2. The van der Waals surface area contributed by atoms with Crippen LogP contribution in [0.25, 0.3) is 22.8 Å². The Morgan fingerprint density at radius 2 is 1.52 bits per heavy atom. The van der Waals surface area contributed by atoms with Crippen molar-refractivity contribution < 1.29 is 22.0 Å². The van der Waals surface area contributed by atoms with Gasteiger partial charge in [0.1, 0.15) is 17.2 Å². The molecule has 0 unspecified atom stereocenters. The third-order valence-electron chi connectivity index (χ3n) is 4.10. The Hall–Kier alpha value is -3.29. The van der Waals surface area contributed by atoms with E-state index in [0.29, 0.717) is 5.89 Å². The maximum Gasteiger partial charge on any atom is 0.227 e. The second-order valence-electron chi connectivity index (χ2n) is 6.42. The highest BCUT2D eigenvalue weighted by Gasteiger charge is 2.08. The van der Waals surface area contributed by atoms with Crippen LogP contribution in [0.4, 0.5) is 0 Å². The Bertz CT molecular complexity index is 1170. The van der Waals surface area contributed by atoms with E-state index in [1.165, 1.54) is 12.1 Å². The maximum absolute atomic E-state index is 10.4. The fourth-order valence-electron chi connectivity index (χ4n) is 2.49. The number of hydrogen-bond acceptors (Lipinski definition) is 5. The predicted octanol–water partition coefficient (Wildman–Crippen LogP) is 3.73. The molecule has 7 heteroatoms. The van der Waals surface area contributed by atoms with E-state index in [4.69, 9.17) is 4.42 Å². The van der Waals surface area contributed by atoms with Crippen LogP contribution in [-0.2, 0) is 17.2 Å². The molecule has 0 saturated carbocycles. The second-order valence-corrected chi connectivity index (χ2v) is 7.79. The molecule has 0 bridgehead atoms. The molecule has 0 amide bonds. The Kier molecular flexibility index (Phi) is 6.21. The van der Waals surface area contributed by atoms with Crippen LogP contribution >= 0.6 is 0 Å². The van der Waals surface area contributed by atoms with Crippen LogP contribution in [-0.4, -0.2) is 18.0 Å². The van der Waals surface area contributed by atoms with Crippen molar-refractivity contribution in [1.82, 2.24) is 4.98 Å². The highest BCUT2D eigenvalue weighted by molar-refractivity contribution is 7.85. The van der Waals surface area contributed by atoms with Gasteiger partial charge in [-0.25, -0.2) is 18.0 Å². The molecular weight excluding hydrogens is 388 g/mol. The number of oxazole rings is 1. The third kappa shape index (κ3) is 5.60. The van der Waals surface area contributed by atoms with Gasteiger partial charge in [-0.15, -0.1) is 0 Å². The summed E-state index contributed by atoms with van der Waals surface area (Å²) >= 11 is 0. The van der Waals surface area contributed by atoms with Gasteiger partial charge in [-0.1, -0.05) is 48.0 Å². The van der Waals surface area contributed by atoms with E-state index in [9.17, 15) is 13.0 Å².